The number of aliphatic hydroxyl groups is 2. The fourth-order valence-electron chi connectivity index (χ4n) is 1.96. The van der Waals surface area contributed by atoms with Gasteiger partial charge in [-0.3, -0.25) is 9.36 Å². The second-order valence-corrected chi connectivity index (χ2v) is 4.51. The summed E-state index contributed by atoms with van der Waals surface area (Å²) in [7, 11) is 0. The number of hydrogen-bond acceptors (Lipinski definition) is 6. The molecule has 1 saturated heterocycles. The van der Waals surface area contributed by atoms with Gasteiger partial charge in [-0.05, 0) is 6.07 Å². The van der Waals surface area contributed by atoms with E-state index in [1.165, 1.54) is 6.92 Å². The van der Waals surface area contributed by atoms with Gasteiger partial charge in [0.25, 0.3) is 0 Å². The van der Waals surface area contributed by atoms with E-state index >= 15 is 0 Å². The number of nitrogens with zero attached hydrogens (tertiary/aromatic N) is 2. The number of anilines is 1. The molecule has 3 atom stereocenters. The van der Waals surface area contributed by atoms with Crippen molar-refractivity contribution in [3.05, 3.63) is 22.7 Å². The highest BCUT2D eigenvalue weighted by Gasteiger charge is 2.59. The number of carbonyl (C=O) groups excluding carboxylic acids is 1. The molecule has 0 aliphatic carbocycles. The molecule has 0 radical (unpaired) electrons. The predicted octanol–water partition coefficient (Wildman–Crippen LogP) is -0.912. The summed E-state index contributed by atoms with van der Waals surface area (Å²) in [6.07, 6.45) is -4.87. The third-order valence-corrected chi connectivity index (χ3v) is 2.95. The van der Waals surface area contributed by atoms with Gasteiger partial charge in [-0.2, -0.15) is 13.8 Å². The standard InChI is InChI=1S/C11H13F2N3O5/c1-5(18)14-7-2-3-16(10(20)15-7)9-11(12,13)8(19)6(4-17)21-9/h2-3,6,8-9,17,19H,4H2,1H3,(H,14,15,18,20)/t6-,8?,9-/m1/s1. The van der Waals surface area contributed by atoms with Crippen molar-refractivity contribution in [1.29, 1.82) is 0 Å². The van der Waals surface area contributed by atoms with Gasteiger partial charge in [0.05, 0.1) is 6.61 Å². The molecule has 3 N–H and O–H groups in total. The number of amides is 1. The first-order valence-corrected chi connectivity index (χ1v) is 5.96. The van der Waals surface area contributed by atoms with Gasteiger partial charge in [-0.15, -0.1) is 0 Å². The van der Waals surface area contributed by atoms with E-state index in [0.29, 0.717) is 4.57 Å². The van der Waals surface area contributed by atoms with Gasteiger partial charge in [0.1, 0.15) is 11.9 Å². The van der Waals surface area contributed by atoms with Crippen LogP contribution in [0.5, 0.6) is 0 Å². The average molecular weight is 305 g/mol. The fourth-order valence-corrected chi connectivity index (χ4v) is 1.96. The van der Waals surface area contributed by atoms with Crippen LogP contribution < -0.4 is 11.0 Å². The Morgan fingerprint density at radius 3 is 2.76 bits per heavy atom. The van der Waals surface area contributed by atoms with Gasteiger partial charge >= 0.3 is 11.6 Å². The second-order valence-electron chi connectivity index (χ2n) is 4.51. The largest absolute Gasteiger partial charge is 0.394 e. The molecule has 0 aromatic carbocycles. The molecule has 1 unspecified atom stereocenters. The predicted molar refractivity (Wildman–Crippen MR) is 64.8 cm³/mol. The molecular formula is C11H13F2N3O5. The molecular weight excluding hydrogens is 292 g/mol. The summed E-state index contributed by atoms with van der Waals surface area (Å²) in [5.74, 6) is -4.34. The van der Waals surface area contributed by atoms with Gasteiger partial charge in [-0.1, -0.05) is 0 Å². The zero-order valence-electron chi connectivity index (χ0n) is 10.9. The van der Waals surface area contributed by atoms with Crippen LogP contribution in [0.15, 0.2) is 17.1 Å². The van der Waals surface area contributed by atoms with E-state index in [-0.39, 0.29) is 5.82 Å². The first kappa shape index (κ1) is 15.5. The van der Waals surface area contributed by atoms with Crippen LogP contribution in [0.2, 0.25) is 0 Å². The lowest BCUT2D eigenvalue weighted by atomic mass is 10.1. The van der Waals surface area contributed by atoms with Crippen LogP contribution in [-0.4, -0.2) is 50.4 Å². The average Bonchev–Trinajstić information content (AvgIpc) is 2.61. The Balaban J connectivity index is 2.34. The van der Waals surface area contributed by atoms with Crippen molar-refractivity contribution in [2.24, 2.45) is 0 Å². The lowest BCUT2D eigenvalue weighted by Crippen LogP contribution is -2.41. The highest BCUT2D eigenvalue weighted by Crippen LogP contribution is 2.41. The number of alkyl halides is 2. The van der Waals surface area contributed by atoms with E-state index in [1.807, 2.05) is 0 Å². The maximum Gasteiger partial charge on any atom is 0.351 e. The molecule has 2 rings (SSSR count). The molecule has 2 heterocycles. The van der Waals surface area contributed by atoms with Crippen molar-refractivity contribution in [3.8, 4) is 0 Å². The van der Waals surface area contributed by atoms with Crippen molar-refractivity contribution in [3.63, 3.8) is 0 Å². The van der Waals surface area contributed by atoms with Crippen LogP contribution >= 0.6 is 0 Å². The molecule has 1 fully saturated rings. The minimum absolute atomic E-state index is 0.0932. The number of aromatic nitrogens is 2. The van der Waals surface area contributed by atoms with Crippen LogP contribution in [0, 0.1) is 0 Å². The lowest BCUT2D eigenvalue weighted by Gasteiger charge is -2.21. The third-order valence-electron chi connectivity index (χ3n) is 2.95. The smallest absolute Gasteiger partial charge is 0.351 e. The Bertz CT molecular complexity index is 606. The Morgan fingerprint density at radius 2 is 2.29 bits per heavy atom. The number of aliphatic hydroxyl groups excluding tert-OH is 2. The van der Waals surface area contributed by atoms with Crippen LogP contribution in [-0.2, 0) is 9.53 Å². The number of ether oxygens (including phenoxy) is 1. The molecule has 0 bridgehead atoms. The fraction of sp³-hybridized carbons (Fsp3) is 0.545. The number of rotatable bonds is 3. The molecule has 21 heavy (non-hydrogen) atoms. The molecule has 0 spiro atoms. The van der Waals surface area contributed by atoms with Gasteiger partial charge in [-0.25, -0.2) is 4.79 Å². The van der Waals surface area contributed by atoms with Crippen molar-refractivity contribution in [2.75, 3.05) is 11.9 Å². The van der Waals surface area contributed by atoms with Gasteiger partial charge < -0.3 is 20.3 Å². The molecule has 1 aromatic rings. The van der Waals surface area contributed by atoms with E-state index in [2.05, 4.69) is 10.3 Å². The number of hydrogen-bond donors (Lipinski definition) is 3. The third kappa shape index (κ3) is 2.77. The van der Waals surface area contributed by atoms with E-state index in [9.17, 15) is 23.5 Å². The first-order chi connectivity index (χ1) is 9.77. The summed E-state index contributed by atoms with van der Waals surface area (Å²) >= 11 is 0. The summed E-state index contributed by atoms with van der Waals surface area (Å²) in [4.78, 5) is 26.0. The summed E-state index contributed by atoms with van der Waals surface area (Å²) < 4.78 is 33.0. The normalized spacial score (nSPS) is 27.6. The number of nitrogens with one attached hydrogen (secondary N) is 1. The minimum Gasteiger partial charge on any atom is -0.394 e. The molecule has 1 aromatic heterocycles. The van der Waals surface area contributed by atoms with E-state index < -0.39 is 42.6 Å². The number of halogens is 2. The molecule has 0 saturated carbocycles. The topological polar surface area (TPSA) is 114 Å². The molecule has 1 aliphatic heterocycles. The first-order valence-electron chi connectivity index (χ1n) is 5.96. The Labute approximate surface area is 117 Å². The number of carbonyl (C=O) groups is 1. The molecule has 1 amide bonds. The maximum absolute atomic E-state index is 13.9. The molecule has 116 valence electrons. The van der Waals surface area contributed by atoms with Crippen molar-refractivity contribution < 1.29 is 28.5 Å². The summed E-state index contributed by atoms with van der Waals surface area (Å²) in [6, 6.07) is 1.14. The minimum atomic E-state index is -3.77. The quantitative estimate of drug-likeness (QED) is 0.666. The molecule has 1 aliphatic rings. The van der Waals surface area contributed by atoms with Gasteiger partial charge in [0.2, 0.25) is 12.1 Å². The second kappa shape index (κ2) is 5.47. The summed E-state index contributed by atoms with van der Waals surface area (Å²) in [6.45, 7) is 0.378. The van der Waals surface area contributed by atoms with E-state index in [4.69, 9.17) is 9.84 Å². The zero-order valence-corrected chi connectivity index (χ0v) is 10.9. The van der Waals surface area contributed by atoms with E-state index in [1.54, 1.807) is 0 Å². The summed E-state index contributed by atoms with van der Waals surface area (Å²) in [5, 5.41) is 20.5. The van der Waals surface area contributed by atoms with E-state index in [0.717, 1.165) is 12.3 Å². The van der Waals surface area contributed by atoms with Crippen molar-refractivity contribution in [1.82, 2.24) is 9.55 Å². The monoisotopic (exact) mass is 305 g/mol. The Hall–Kier alpha value is -1.91. The molecule has 8 nitrogen and oxygen atoms in total. The van der Waals surface area contributed by atoms with Crippen LogP contribution in [0.3, 0.4) is 0 Å². The van der Waals surface area contributed by atoms with Crippen LogP contribution in [0.25, 0.3) is 0 Å². The van der Waals surface area contributed by atoms with Crippen LogP contribution in [0.1, 0.15) is 13.2 Å². The lowest BCUT2D eigenvalue weighted by molar-refractivity contribution is -0.141. The maximum atomic E-state index is 13.9. The zero-order chi connectivity index (χ0) is 15.8. The van der Waals surface area contributed by atoms with Crippen LogP contribution in [0.4, 0.5) is 14.6 Å². The van der Waals surface area contributed by atoms with Gasteiger partial charge in [0.15, 0.2) is 6.10 Å². The highest BCUT2D eigenvalue weighted by molar-refractivity contribution is 5.87. The van der Waals surface area contributed by atoms with Gasteiger partial charge in [0, 0.05) is 13.1 Å². The Kier molecular flexibility index (Phi) is 4.03. The SMILES string of the molecule is CC(=O)Nc1ccn([C@@H]2O[C@H](CO)C(O)C2(F)F)c(=O)n1. The summed E-state index contributed by atoms with van der Waals surface area (Å²) in [5.41, 5.74) is -1.09. The highest BCUT2D eigenvalue weighted by atomic mass is 19.3. The van der Waals surface area contributed by atoms with Crippen molar-refractivity contribution in [2.45, 2.75) is 31.3 Å². The Morgan fingerprint density at radius 1 is 1.62 bits per heavy atom. The molecule has 10 heteroatoms. The van der Waals surface area contributed by atoms with Crippen molar-refractivity contribution >= 4 is 11.7 Å².